The molecule has 0 atom stereocenters. The van der Waals surface area contributed by atoms with Gasteiger partial charge in [-0.3, -0.25) is 58.0 Å². The Morgan fingerprint density at radius 2 is 0.557 bits per heavy atom. The van der Waals surface area contributed by atoms with Crippen molar-refractivity contribution in [1.29, 1.82) is 0 Å². The Bertz CT molecular complexity index is 3630. The van der Waals surface area contributed by atoms with E-state index >= 15 is 9.59 Å². The topological polar surface area (TPSA) is 150 Å². The minimum atomic E-state index is -0.396. The van der Waals surface area contributed by atoms with Crippen molar-refractivity contribution in [3.63, 3.8) is 0 Å². The van der Waals surface area contributed by atoms with Crippen molar-refractivity contribution in [3.8, 4) is 20.9 Å². The average molecular weight is 1220 g/mol. The van der Waals surface area contributed by atoms with E-state index in [1.165, 1.54) is 40.5 Å². The largest absolute Gasteiger partial charge is 0.274 e. The van der Waals surface area contributed by atoms with E-state index in [1.54, 1.807) is 46.9 Å². The highest BCUT2D eigenvalue weighted by Gasteiger charge is 2.44. The Balaban J connectivity index is 0.927. The van der Waals surface area contributed by atoms with Crippen LogP contribution in [-0.4, -0.2) is 93.0 Å². The molecule has 0 N–H and O–H groups in total. The molecule has 2 aromatic heterocycles. The predicted molar refractivity (Wildman–Crippen MR) is 353 cm³/mol. The van der Waals surface area contributed by atoms with Gasteiger partial charge in [0.05, 0.1) is 11.1 Å². The van der Waals surface area contributed by atoms with Crippen LogP contribution in [0.15, 0.2) is 48.5 Å². The molecule has 88 heavy (non-hydrogen) atoms. The Labute approximate surface area is 526 Å². The average Bonchev–Trinajstić information content (AvgIpc) is 0.978. The van der Waals surface area contributed by atoms with Crippen LogP contribution in [0.3, 0.4) is 0 Å². The van der Waals surface area contributed by atoms with Crippen LogP contribution >= 0.6 is 22.7 Å². The Hall–Kier alpha value is -6.90. The first-order valence-electron chi connectivity index (χ1n) is 33.6. The first-order chi connectivity index (χ1) is 42.9. The summed E-state index contributed by atoms with van der Waals surface area (Å²) >= 11 is 3.25. The van der Waals surface area contributed by atoms with E-state index in [0.29, 0.717) is 116 Å². The fraction of sp³-hybridized carbons (Fsp3) is 0.486. The summed E-state index contributed by atoms with van der Waals surface area (Å²) < 4.78 is 0. The van der Waals surface area contributed by atoms with E-state index in [1.807, 2.05) is 12.1 Å². The first-order valence-corrected chi connectivity index (χ1v) is 35.3. The number of fused-ring (bicyclic) bond motifs is 2. The number of allylic oxidation sites excluding steroid dienone is 2. The van der Waals surface area contributed by atoms with Gasteiger partial charge in [-0.05, 0) is 122 Å². The van der Waals surface area contributed by atoms with Crippen LogP contribution < -0.4 is 0 Å². The molecule has 460 valence electrons. The second-order valence-electron chi connectivity index (χ2n) is 25.5. The summed E-state index contributed by atoms with van der Waals surface area (Å²) in [6.45, 7) is 9.85. The minimum Gasteiger partial charge on any atom is -0.274 e. The number of unbranched alkanes of at least 4 members (excludes halogenated alkanes) is 20. The van der Waals surface area contributed by atoms with E-state index in [2.05, 4.69) is 39.8 Å². The summed E-state index contributed by atoms with van der Waals surface area (Å²) in [5.41, 5.74) is 8.64. The molecule has 14 heteroatoms. The van der Waals surface area contributed by atoms with Gasteiger partial charge in [-0.2, -0.15) is 0 Å². The highest BCUT2D eigenvalue weighted by molar-refractivity contribution is 7.16. The molecule has 6 heterocycles. The Kier molecular flexibility index (Phi) is 18.6. The first kappa shape index (κ1) is 61.3. The van der Waals surface area contributed by atoms with Gasteiger partial charge in [-0.1, -0.05) is 156 Å². The Morgan fingerprint density at radius 3 is 0.875 bits per heavy atom. The summed E-state index contributed by atoms with van der Waals surface area (Å²) in [6.07, 6.45) is 27.1. The van der Waals surface area contributed by atoms with Crippen molar-refractivity contribution >= 4 is 103 Å². The molecule has 0 fully saturated rings. The molecule has 0 saturated carbocycles. The summed E-state index contributed by atoms with van der Waals surface area (Å²) in [4.78, 5) is 128. The number of thiophene rings is 2. The van der Waals surface area contributed by atoms with Crippen molar-refractivity contribution in [2.24, 2.45) is 0 Å². The fourth-order valence-electron chi connectivity index (χ4n) is 14.9. The highest BCUT2D eigenvalue weighted by Crippen LogP contribution is 2.54. The molecule has 2 aliphatic carbocycles. The van der Waals surface area contributed by atoms with E-state index in [0.717, 1.165) is 175 Å². The van der Waals surface area contributed by atoms with Gasteiger partial charge in [0, 0.05) is 112 Å². The fourth-order valence-corrected chi connectivity index (χ4v) is 17.3. The van der Waals surface area contributed by atoms with Crippen molar-refractivity contribution in [2.75, 3.05) is 26.2 Å². The van der Waals surface area contributed by atoms with E-state index in [4.69, 9.17) is 0 Å². The van der Waals surface area contributed by atoms with Gasteiger partial charge in [0.1, 0.15) is 0 Å². The molecule has 8 amide bonds. The molecule has 0 unspecified atom stereocenters. The molecule has 4 aromatic carbocycles. The van der Waals surface area contributed by atoms with E-state index < -0.39 is 35.4 Å². The van der Waals surface area contributed by atoms with Gasteiger partial charge in [-0.25, -0.2) is 0 Å². The zero-order valence-electron chi connectivity index (χ0n) is 52.1. The Morgan fingerprint density at radius 1 is 0.284 bits per heavy atom. The third-order valence-corrected chi connectivity index (χ3v) is 22.1. The molecular formula is C74H84N4O8S2. The van der Waals surface area contributed by atoms with Gasteiger partial charge in [0.15, 0.2) is 0 Å². The van der Waals surface area contributed by atoms with Crippen LogP contribution in [0.5, 0.6) is 0 Å². The second kappa shape index (κ2) is 26.7. The lowest BCUT2D eigenvalue weighted by Crippen LogP contribution is -2.44. The smallest absolute Gasteiger partial charge is 0.262 e. The lowest BCUT2D eigenvalue weighted by molar-refractivity contribution is 0.0586. The third-order valence-electron chi connectivity index (χ3n) is 19.6. The van der Waals surface area contributed by atoms with E-state index in [9.17, 15) is 28.8 Å². The number of nitrogens with zero attached hydrogens (tertiary/aromatic N) is 4. The normalized spacial score (nSPS) is 16.8. The third kappa shape index (κ3) is 11.0. The monoisotopic (exact) mass is 1220 g/mol. The molecule has 12 nitrogen and oxygen atoms in total. The van der Waals surface area contributed by atoms with Crippen LogP contribution in [0.2, 0.25) is 0 Å². The van der Waals surface area contributed by atoms with Gasteiger partial charge in [0.2, 0.25) is 0 Å². The summed E-state index contributed by atoms with van der Waals surface area (Å²) in [5, 5.41) is 1.59. The summed E-state index contributed by atoms with van der Waals surface area (Å²) in [5.74, 6) is -3.14. The van der Waals surface area contributed by atoms with Gasteiger partial charge < -0.3 is 0 Å². The summed E-state index contributed by atoms with van der Waals surface area (Å²) in [7, 11) is 0. The van der Waals surface area contributed by atoms with Crippen molar-refractivity contribution in [2.45, 2.75) is 207 Å². The van der Waals surface area contributed by atoms with Crippen molar-refractivity contribution in [3.05, 3.63) is 114 Å². The highest BCUT2D eigenvalue weighted by atomic mass is 32.1. The number of aryl methyl sites for hydroxylation is 2. The lowest BCUT2D eigenvalue weighted by atomic mass is 9.82. The number of carbonyl (C=O) groups excluding carboxylic acids is 8. The van der Waals surface area contributed by atoms with Crippen molar-refractivity contribution < 1.29 is 38.4 Å². The molecule has 0 radical (unpaired) electrons. The molecule has 0 spiro atoms. The molecule has 4 aliphatic heterocycles. The molecular weight excluding hydrogens is 1140 g/mol. The quantitative estimate of drug-likeness (QED) is 0.0320. The van der Waals surface area contributed by atoms with Crippen LogP contribution in [0, 0.1) is 0 Å². The number of benzene rings is 4. The van der Waals surface area contributed by atoms with E-state index in [-0.39, 0.29) is 24.9 Å². The number of rotatable bonds is 30. The number of amides is 8. The van der Waals surface area contributed by atoms with Gasteiger partial charge in [-0.15, -0.1) is 22.7 Å². The van der Waals surface area contributed by atoms with Gasteiger partial charge >= 0.3 is 0 Å². The van der Waals surface area contributed by atoms with Crippen LogP contribution in [-0.2, 0) is 12.8 Å². The van der Waals surface area contributed by atoms with Crippen LogP contribution in [0.25, 0.3) is 53.6 Å². The lowest BCUT2D eigenvalue weighted by Gasteiger charge is -2.33. The SMILES string of the molecule is CCCCCCCCN1C(=O)c2ccc3c4c(c(-c5cc6c(s5)CC/C6=C5/CCc6sc(-c7cc8c9c(ccc%10c9c7C(=O)N(CCCCCCCC)C%10=O)C(=O)N(CCCCCCCC)C8=O)cc65)cc(c24)C1=O)C(=O)N(CCCCCCCC)C3=O. The zero-order chi connectivity index (χ0) is 61.3. The predicted octanol–water partition coefficient (Wildman–Crippen LogP) is 18.1. The molecule has 6 aliphatic rings. The van der Waals surface area contributed by atoms with Crippen molar-refractivity contribution in [1.82, 2.24) is 19.6 Å². The number of hydrogen-bond acceptors (Lipinski definition) is 10. The maximum Gasteiger partial charge on any atom is 0.262 e. The maximum absolute atomic E-state index is 15.2. The summed E-state index contributed by atoms with van der Waals surface area (Å²) in [6, 6.07) is 14.8. The maximum atomic E-state index is 15.2. The molecule has 0 bridgehead atoms. The second-order valence-corrected chi connectivity index (χ2v) is 27.8. The number of hydrogen-bond donors (Lipinski definition) is 0. The molecule has 12 rings (SSSR count). The molecule has 6 aromatic rings. The zero-order valence-corrected chi connectivity index (χ0v) is 53.8. The van der Waals surface area contributed by atoms with Gasteiger partial charge in [0.25, 0.3) is 47.3 Å². The van der Waals surface area contributed by atoms with Crippen LogP contribution in [0.1, 0.15) is 298 Å². The number of imide groups is 4. The molecule has 0 saturated heterocycles. The van der Waals surface area contributed by atoms with Crippen LogP contribution in [0.4, 0.5) is 0 Å². The number of carbonyl (C=O) groups is 8. The minimum absolute atomic E-state index is 0.279. The standard InChI is InChI=1S/C74H84N4O8S2/c1-5-9-13-17-21-25-37-75-67(79)47-29-31-49-63-61(47)55(71(75)83)41-53(65(63)73(85)77(69(49)81)39-27-23-19-15-11-7-3)59-43-51-45(33-35-57(51)87-59)46-34-36-58-52(46)44-60(88-58)54-42-56-62-48(68(80)76(72(56)84)38-26-22-18-14-10-6-2)30-32-50-64(62)66(54)74(86)78(70(50)82)40-28-24-20-16-12-8-4/h29-32,41-44H,5-28,33-40H2,1-4H3/b46-45+.